The lowest BCUT2D eigenvalue weighted by molar-refractivity contribution is -0.117. The van der Waals surface area contributed by atoms with Gasteiger partial charge >= 0.3 is 0 Å². The summed E-state index contributed by atoms with van der Waals surface area (Å²) in [5, 5.41) is 3.16. The van der Waals surface area contributed by atoms with Gasteiger partial charge in [0, 0.05) is 25.4 Å². The Labute approximate surface area is 114 Å². The van der Waals surface area contributed by atoms with Crippen LogP contribution in [0.15, 0.2) is 24.3 Å². The van der Waals surface area contributed by atoms with Crippen molar-refractivity contribution in [2.24, 2.45) is 5.92 Å². The third kappa shape index (κ3) is 3.78. The molecule has 0 radical (unpaired) electrons. The van der Waals surface area contributed by atoms with E-state index in [1.54, 1.807) is 0 Å². The van der Waals surface area contributed by atoms with E-state index in [4.69, 9.17) is 4.74 Å². The molecule has 0 atom stereocenters. The van der Waals surface area contributed by atoms with Crippen LogP contribution in [0.2, 0.25) is 0 Å². The molecule has 0 aliphatic carbocycles. The number of anilines is 1. The predicted octanol–water partition coefficient (Wildman–Crippen LogP) is 1.80. The Morgan fingerprint density at radius 1 is 1.32 bits per heavy atom. The average molecular weight is 262 g/mol. The van der Waals surface area contributed by atoms with Gasteiger partial charge in [-0.25, -0.2) is 0 Å². The molecule has 1 amide bonds. The number of carbonyl (C=O) groups excluding carboxylic acids is 1. The number of carbonyl (C=O) groups is 1. The van der Waals surface area contributed by atoms with E-state index < -0.39 is 0 Å². The van der Waals surface area contributed by atoms with E-state index in [-0.39, 0.29) is 5.91 Å². The molecule has 19 heavy (non-hydrogen) atoms. The van der Waals surface area contributed by atoms with Gasteiger partial charge in [0.25, 0.3) is 0 Å². The molecule has 0 unspecified atom stereocenters. The lowest BCUT2D eigenvalue weighted by Crippen LogP contribution is -2.38. The van der Waals surface area contributed by atoms with Crippen molar-refractivity contribution in [2.75, 3.05) is 31.2 Å². The maximum absolute atomic E-state index is 12.1. The number of amides is 1. The molecule has 4 nitrogen and oxygen atoms in total. The normalized spacial score (nSPS) is 15.5. The standard InChI is InChI=1S/C15H22N2O2/c1-12(2)11-19-8-7-17-14-6-4-3-5-13(14)9-16-10-15(17)18/h3-6,12,16H,7-11H2,1-2H3. The minimum Gasteiger partial charge on any atom is -0.379 e. The van der Waals surface area contributed by atoms with E-state index in [2.05, 4.69) is 25.2 Å². The van der Waals surface area contributed by atoms with Crippen molar-refractivity contribution >= 4 is 11.6 Å². The highest BCUT2D eigenvalue weighted by Gasteiger charge is 2.21. The largest absolute Gasteiger partial charge is 0.379 e. The lowest BCUT2D eigenvalue weighted by Gasteiger charge is -2.22. The number of nitrogens with zero attached hydrogens (tertiary/aromatic N) is 1. The van der Waals surface area contributed by atoms with Gasteiger partial charge in [0.05, 0.1) is 13.2 Å². The van der Waals surface area contributed by atoms with E-state index in [1.807, 2.05) is 23.1 Å². The maximum atomic E-state index is 12.1. The number of benzene rings is 1. The molecular formula is C15H22N2O2. The van der Waals surface area contributed by atoms with Gasteiger partial charge in [0.15, 0.2) is 0 Å². The molecule has 1 N–H and O–H groups in total. The quantitative estimate of drug-likeness (QED) is 0.823. The van der Waals surface area contributed by atoms with Gasteiger partial charge in [0.2, 0.25) is 5.91 Å². The summed E-state index contributed by atoms with van der Waals surface area (Å²) in [6.07, 6.45) is 0. The zero-order valence-electron chi connectivity index (χ0n) is 11.7. The van der Waals surface area contributed by atoms with E-state index in [9.17, 15) is 4.79 Å². The Balaban J connectivity index is 2.02. The first-order chi connectivity index (χ1) is 9.18. The summed E-state index contributed by atoms with van der Waals surface area (Å²) in [7, 11) is 0. The summed E-state index contributed by atoms with van der Waals surface area (Å²) >= 11 is 0. The zero-order valence-corrected chi connectivity index (χ0v) is 11.7. The molecule has 1 aromatic rings. The third-order valence-electron chi connectivity index (χ3n) is 3.09. The van der Waals surface area contributed by atoms with Crippen molar-refractivity contribution < 1.29 is 9.53 Å². The number of para-hydroxylation sites is 1. The third-order valence-corrected chi connectivity index (χ3v) is 3.09. The summed E-state index contributed by atoms with van der Waals surface area (Å²) in [5.41, 5.74) is 2.17. The fraction of sp³-hybridized carbons (Fsp3) is 0.533. The Morgan fingerprint density at radius 2 is 2.11 bits per heavy atom. The number of fused-ring (bicyclic) bond motifs is 1. The lowest BCUT2D eigenvalue weighted by atomic mass is 10.1. The van der Waals surface area contributed by atoms with Gasteiger partial charge in [-0.2, -0.15) is 0 Å². The molecule has 0 bridgehead atoms. The Hall–Kier alpha value is -1.39. The van der Waals surface area contributed by atoms with Crippen molar-refractivity contribution in [3.63, 3.8) is 0 Å². The van der Waals surface area contributed by atoms with Crippen LogP contribution < -0.4 is 10.2 Å². The van der Waals surface area contributed by atoms with Crippen LogP contribution in [0.1, 0.15) is 19.4 Å². The molecule has 1 aliphatic rings. The van der Waals surface area contributed by atoms with Gasteiger partial charge < -0.3 is 15.0 Å². The Kier molecular flexibility index (Phi) is 4.93. The topological polar surface area (TPSA) is 41.6 Å². The minimum absolute atomic E-state index is 0.109. The highest BCUT2D eigenvalue weighted by molar-refractivity contribution is 5.96. The van der Waals surface area contributed by atoms with Crippen molar-refractivity contribution in [3.8, 4) is 0 Å². The molecule has 0 aromatic heterocycles. The highest BCUT2D eigenvalue weighted by Crippen LogP contribution is 2.22. The second-order valence-corrected chi connectivity index (χ2v) is 5.25. The second kappa shape index (κ2) is 6.68. The van der Waals surface area contributed by atoms with Crippen LogP contribution in [-0.2, 0) is 16.1 Å². The first-order valence-electron chi connectivity index (χ1n) is 6.85. The van der Waals surface area contributed by atoms with Crippen molar-refractivity contribution in [2.45, 2.75) is 20.4 Å². The fourth-order valence-electron chi connectivity index (χ4n) is 2.18. The molecule has 104 valence electrons. The van der Waals surface area contributed by atoms with Gasteiger partial charge in [-0.3, -0.25) is 4.79 Å². The highest BCUT2D eigenvalue weighted by atomic mass is 16.5. The van der Waals surface area contributed by atoms with Gasteiger partial charge in [0.1, 0.15) is 0 Å². The van der Waals surface area contributed by atoms with Crippen LogP contribution in [0.25, 0.3) is 0 Å². The smallest absolute Gasteiger partial charge is 0.241 e. The molecular weight excluding hydrogens is 240 g/mol. The molecule has 2 rings (SSSR count). The molecule has 1 aromatic carbocycles. The summed E-state index contributed by atoms with van der Waals surface area (Å²) < 4.78 is 5.59. The summed E-state index contributed by atoms with van der Waals surface area (Å²) in [6, 6.07) is 8.04. The minimum atomic E-state index is 0.109. The molecule has 0 saturated heterocycles. The van der Waals surface area contributed by atoms with E-state index >= 15 is 0 Å². The van der Waals surface area contributed by atoms with Crippen molar-refractivity contribution in [1.29, 1.82) is 0 Å². The van der Waals surface area contributed by atoms with E-state index in [1.165, 1.54) is 0 Å². The number of hydrogen-bond acceptors (Lipinski definition) is 3. The Bertz CT molecular complexity index is 432. The molecule has 0 spiro atoms. The fourth-order valence-corrected chi connectivity index (χ4v) is 2.18. The second-order valence-electron chi connectivity index (χ2n) is 5.25. The first kappa shape index (κ1) is 14.0. The van der Waals surface area contributed by atoms with Gasteiger partial charge in [-0.15, -0.1) is 0 Å². The molecule has 0 fully saturated rings. The molecule has 4 heteroatoms. The SMILES string of the molecule is CC(C)COCCN1C(=O)CNCc2ccccc21. The van der Waals surface area contributed by atoms with Crippen LogP contribution in [0.5, 0.6) is 0 Å². The number of nitrogens with one attached hydrogen (secondary N) is 1. The zero-order chi connectivity index (χ0) is 13.7. The molecule has 1 aliphatic heterocycles. The van der Waals surface area contributed by atoms with Crippen LogP contribution >= 0.6 is 0 Å². The van der Waals surface area contributed by atoms with Crippen LogP contribution in [-0.4, -0.2) is 32.2 Å². The molecule has 1 heterocycles. The first-order valence-corrected chi connectivity index (χ1v) is 6.85. The Morgan fingerprint density at radius 3 is 2.89 bits per heavy atom. The van der Waals surface area contributed by atoms with Crippen LogP contribution in [0.4, 0.5) is 5.69 Å². The number of hydrogen-bond donors (Lipinski definition) is 1. The summed E-state index contributed by atoms with van der Waals surface area (Å²) in [6.45, 7) is 7.31. The average Bonchev–Trinajstić information content (AvgIpc) is 2.54. The monoisotopic (exact) mass is 262 g/mol. The number of rotatable bonds is 5. The van der Waals surface area contributed by atoms with Gasteiger partial charge in [-0.1, -0.05) is 32.0 Å². The molecule has 0 saturated carbocycles. The van der Waals surface area contributed by atoms with Crippen LogP contribution in [0.3, 0.4) is 0 Å². The maximum Gasteiger partial charge on any atom is 0.241 e. The van der Waals surface area contributed by atoms with Crippen molar-refractivity contribution in [3.05, 3.63) is 29.8 Å². The van der Waals surface area contributed by atoms with E-state index in [0.29, 0.717) is 25.6 Å². The van der Waals surface area contributed by atoms with E-state index in [0.717, 1.165) is 24.4 Å². The van der Waals surface area contributed by atoms with Crippen LogP contribution in [0, 0.1) is 5.92 Å². The predicted molar refractivity (Wildman–Crippen MR) is 76.2 cm³/mol. The number of ether oxygens (including phenoxy) is 1. The summed E-state index contributed by atoms with van der Waals surface area (Å²) in [4.78, 5) is 13.9. The summed E-state index contributed by atoms with van der Waals surface area (Å²) in [5.74, 6) is 0.631. The van der Waals surface area contributed by atoms with Crippen molar-refractivity contribution in [1.82, 2.24) is 5.32 Å². The van der Waals surface area contributed by atoms with Gasteiger partial charge in [-0.05, 0) is 17.5 Å².